The van der Waals surface area contributed by atoms with Gasteiger partial charge in [-0.2, -0.15) is 0 Å². The summed E-state index contributed by atoms with van der Waals surface area (Å²) >= 11 is 0. The first-order chi connectivity index (χ1) is 13.2. The fraction of sp³-hybridized carbons (Fsp3) is 0.381. The van der Waals surface area contributed by atoms with Gasteiger partial charge >= 0.3 is 5.76 Å². The van der Waals surface area contributed by atoms with Crippen LogP contribution in [0.3, 0.4) is 0 Å². The van der Waals surface area contributed by atoms with E-state index in [1.807, 2.05) is 36.4 Å². The molecule has 2 heterocycles. The number of nitrogens with zero attached hydrogens (tertiary/aromatic N) is 3. The lowest BCUT2D eigenvalue weighted by molar-refractivity contribution is 0.124. The Hall–Kier alpha value is -2.57. The van der Waals surface area contributed by atoms with Crippen molar-refractivity contribution in [2.45, 2.75) is 13.1 Å². The highest BCUT2D eigenvalue weighted by molar-refractivity contribution is 5.72. The monoisotopic (exact) mass is 367 g/mol. The summed E-state index contributed by atoms with van der Waals surface area (Å²) < 4.78 is 12.3. The molecule has 6 nitrogen and oxygen atoms in total. The summed E-state index contributed by atoms with van der Waals surface area (Å²) in [6.07, 6.45) is 0. The molecule has 3 aromatic rings. The van der Waals surface area contributed by atoms with E-state index in [1.54, 1.807) is 11.7 Å². The van der Waals surface area contributed by atoms with E-state index in [9.17, 15) is 4.79 Å². The van der Waals surface area contributed by atoms with Gasteiger partial charge in [0.2, 0.25) is 0 Å². The minimum atomic E-state index is -0.269. The number of benzene rings is 2. The van der Waals surface area contributed by atoms with Crippen molar-refractivity contribution in [3.8, 4) is 5.75 Å². The van der Waals surface area contributed by atoms with Gasteiger partial charge in [0.25, 0.3) is 0 Å². The van der Waals surface area contributed by atoms with Gasteiger partial charge in [-0.25, -0.2) is 4.79 Å². The molecule has 2 aromatic carbocycles. The topological polar surface area (TPSA) is 50.9 Å². The fourth-order valence-corrected chi connectivity index (χ4v) is 3.63. The number of methoxy groups -OCH3 is 1. The molecule has 0 N–H and O–H groups in total. The van der Waals surface area contributed by atoms with Crippen LogP contribution in [0.2, 0.25) is 0 Å². The Kier molecular flexibility index (Phi) is 5.27. The second-order valence-corrected chi connectivity index (χ2v) is 6.95. The average molecular weight is 367 g/mol. The van der Waals surface area contributed by atoms with Gasteiger partial charge in [-0.05, 0) is 29.8 Å². The van der Waals surface area contributed by atoms with E-state index in [4.69, 9.17) is 9.15 Å². The van der Waals surface area contributed by atoms with Gasteiger partial charge in [-0.1, -0.05) is 24.3 Å². The molecular formula is C21H25N3O3. The molecule has 0 bridgehead atoms. The largest absolute Gasteiger partial charge is 0.497 e. The summed E-state index contributed by atoms with van der Waals surface area (Å²) in [5.41, 5.74) is 2.84. The van der Waals surface area contributed by atoms with Crippen LogP contribution in [-0.4, -0.2) is 54.2 Å². The molecule has 0 atom stereocenters. The van der Waals surface area contributed by atoms with Crippen molar-refractivity contribution in [1.29, 1.82) is 0 Å². The van der Waals surface area contributed by atoms with Gasteiger partial charge in [0, 0.05) is 45.8 Å². The van der Waals surface area contributed by atoms with E-state index in [1.165, 1.54) is 5.56 Å². The van der Waals surface area contributed by atoms with Crippen LogP contribution in [0.1, 0.15) is 5.56 Å². The molecule has 1 aliphatic heterocycles. The van der Waals surface area contributed by atoms with Crippen LogP contribution in [0.25, 0.3) is 11.1 Å². The number of hydrogen-bond donors (Lipinski definition) is 0. The third-order valence-electron chi connectivity index (χ3n) is 5.24. The summed E-state index contributed by atoms with van der Waals surface area (Å²) in [5, 5.41) is 0. The fourth-order valence-electron chi connectivity index (χ4n) is 3.63. The maximum absolute atomic E-state index is 12.1. The highest BCUT2D eigenvalue weighted by Gasteiger charge is 2.18. The molecule has 0 radical (unpaired) electrons. The standard InChI is InChI=1S/C21H25N3O3/c1-26-18-8-6-17(7-9-18)16-23-12-10-22(11-13-23)14-15-24-19-4-2-3-5-20(19)27-21(24)25/h2-9H,10-16H2,1H3. The third-order valence-corrected chi connectivity index (χ3v) is 5.24. The van der Waals surface area contributed by atoms with Gasteiger partial charge in [0.1, 0.15) is 5.75 Å². The lowest BCUT2D eigenvalue weighted by Gasteiger charge is -2.34. The minimum Gasteiger partial charge on any atom is -0.497 e. The molecule has 1 aromatic heterocycles. The van der Waals surface area contributed by atoms with E-state index < -0.39 is 0 Å². The maximum atomic E-state index is 12.1. The molecule has 1 fully saturated rings. The molecule has 142 valence electrons. The van der Waals surface area contributed by atoms with E-state index in [0.717, 1.165) is 50.5 Å². The number of rotatable bonds is 6. The maximum Gasteiger partial charge on any atom is 0.419 e. The SMILES string of the molecule is COc1ccc(CN2CCN(CCn3c(=O)oc4ccccc43)CC2)cc1. The van der Waals surface area contributed by atoms with Crippen LogP contribution >= 0.6 is 0 Å². The lowest BCUT2D eigenvalue weighted by atomic mass is 10.2. The second-order valence-electron chi connectivity index (χ2n) is 6.95. The van der Waals surface area contributed by atoms with Crippen LogP contribution in [0, 0.1) is 0 Å². The molecule has 6 heteroatoms. The predicted molar refractivity (Wildman–Crippen MR) is 105 cm³/mol. The molecule has 0 saturated carbocycles. The quantitative estimate of drug-likeness (QED) is 0.670. The number of ether oxygens (including phenoxy) is 1. The highest BCUT2D eigenvalue weighted by Crippen LogP contribution is 2.15. The number of para-hydroxylation sites is 2. The Morgan fingerprint density at radius 2 is 1.63 bits per heavy atom. The average Bonchev–Trinajstić information content (AvgIpc) is 3.03. The number of oxazole rings is 1. The lowest BCUT2D eigenvalue weighted by Crippen LogP contribution is -2.46. The molecule has 0 aliphatic carbocycles. The van der Waals surface area contributed by atoms with Gasteiger partial charge in [-0.3, -0.25) is 14.4 Å². The molecule has 27 heavy (non-hydrogen) atoms. The van der Waals surface area contributed by atoms with Crippen molar-refractivity contribution in [2.75, 3.05) is 39.8 Å². The van der Waals surface area contributed by atoms with Crippen molar-refractivity contribution in [2.24, 2.45) is 0 Å². The number of fused-ring (bicyclic) bond motifs is 1. The molecule has 1 aliphatic rings. The first-order valence-corrected chi connectivity index (χ1v) is 9.39. The van der Waals surface area contributed by atoms with Gasteiger partial charge in [0.15, 0.2) is 5.58 Å². The van der Waals surface area contributed by atoms with Crippen LogP contribution in [0.5, 0.6) is 5.75 Å². The molecule has 0 amide bonds. The Balaban J connectivity index is 1.29. The molecule has 0 unspecified atom stereocenters. The molecule has 1 saturated heterocycles. The van der Waals surface area contributed by atoms with Crippen LogP contribution in [0.15, 0.2) is 57.7 Å². The Labute approximate surface area is 158 Å². The molecular weight excluding hydrogens is 342 g/mol. The van der Waals surface area contributed by atoms with Gasteiger partial charge < -0.3 is 9.15 Å². The third kappa shape index (κ3) is 4.07. The van der Waals surface area contributed by atoms with Gasteiger partial charge in [-0.15, -0.1) is 0 Å². The van der Waals surface area contributed by atoms with Crippen LogP contribution < -0.4 is 10.5 Å². The molecule has 0 spiro atoms. The summed E-state index contributed by atoms with van der Waals surface area (Å²) in [6, 6.07) is 15.9. The van der Waals surface area contributed by atoms with Crippen molar-refractivity contribution in [3.05, 3.63) is 64.6 Å². The zero-order valence-corrected chi connectivity index (χ0v) is 15.6. The first kappa shape index (κ1) is 17.8. The van der Waals surface area contributed by atoms with Crippen LogP contribution in [-0.2, 0) is 13.1 Å². The highest BCUT2D eigenvalue weighted by atomic mass is 16.5. The van der Waals surface area contributed by atoms with Crippen molar-refractivity contribution in [3.63, 3.8) is 0 Å². The predicted octanol–water partition coefficient (Wildman–Crippen LogP) is 2.42. The van der Waals surface area contributed by atoms with Crippen molar-refractivity contribution >= 4 is 11.1 Å². The summed E-state index contributed by atoms with van der Waals surface area (Å²) in [7, 11) is 1.69. The number of piperazine rings is 1. The first-order valence-electron chi connectivity index (χ1n) is 9.39. The minimum absolute atomic E-state index is 0.269. The van der Waals surface area contributed by atoms with Gasteiger partial charge in [0.05, 0.1) is 12.6 Å². The van der Waals surface area contributed by atoms with Crippen molar-refractivity contribution in [1.82, 2.24) is 14.4 Å². The zero-order chi connectivity index (χ0) is 18.6. The Morgan fingerprint density at radius 1 is 0.926 bits per heavy atom. The Morgan fingerprint density at radius 3 is 2.37 bits per heavy atom. The number of aromatic nitrogens is 1. The summed E-state index contributed by atoms with van der Waals surface area (Å²) in [5.74, 6) is 0.625. The van der Waals surface area contributed by atoms with E-state index >= 15 is 0 Å². The smallest absolute Gasteiger partial charge is 0.419 e. The summed E-state index contributed by atoms with van der Waals surface area (Å²) in [4.78, 5) is 17.0. The van der Waals surface area contributed by atoms with E-state index in [-0.39, 0.29) is 5.76 Å². The molecule has 4 rings (SSSR count). The van der Waals surface area contributed by atoms with Crippen LogP contribution in [0.4, 0.5) is 0 Å². The van der Waals surface area contributed by atoms with E-state index in [0.29, 0.717) is 12.1 Å². The summed E-state index contributed by atoms with van der Waals surface area (Å²) in [6.45, 7) is 6.58. The van der Waals surface area contributed by atoms with E-state index in [2.05, 4.69) is 21.9 Å². The second kappa shape index (κ2) is 7.98. The van der Waals surface area contributed by atoms with Crippen molar-refractivity contribution < 1.29 is 9.15 Å². The Bertz CT molecular complexity index is 937. The zero-order valence-electron chi connectivity index (χ0n) is 15.6. The normalized spacial score (nSPS) is 16.0. The number of hydrogen-bond acceptors (Lipinski definition) is 5.